The van der Waals surface area contributed by atoms with Crippen LogP contribution in [0.1, 0.15) is 10.5 Å². The van der Waals surface area contributed by atoms with Crippen LogP contribution < -0.4 is 9.60 Å². The van der Waals surface area contributed by atoms with Crippen LogP contribution >= 0.6 is 11.3 Å². The maximum Gasteiger partial charge on any atom is 0.307 e. The highest BCUT2D eigenvalue weighted by molar-refractivity contribution is 7.90. The molecule has 2 heterocycles. The van der Waals surface area contributed by atoms with Gasteiger partial charge in [-0.1, -0.05) is 35.6 Å². The van der Waals surface area contributed by atoms with Gasteiger partial charge in [-0.15, -0.1) is 0 Å². The van der Waals surface area contributed by atoms with Gasteiger partial charge in [0.25, 0.3) is 15.9 Å². The standard InChI is InChI=1S/C18H13N3O4S2/c1-21-15-9-7-12(10-16(15)26-18(21)23)27(24,25)20-17(22)14-8-6-11-4-2-3-5-13(11)19-14/h2-10H,1H3,(H,20,22). The number of carbonyl (C=O) groups excluding carboxylic acids is 1. The molecular weight excluding hydrogens is 386 g/mol. The number of aryl methyl sites for hydroxylation is 1. The fourth-order valence-electron chi connectivity index (χ4n) is 2.71. The smallest absolute Gasteiger partial charge is 0.302 e. The lowest BCUT2D eigenvalue weighted by atomic mass is 10.2. The predicted molar refractivity (Wildman–Crippen MR) is 103 cm³/mol. The lowest BCUT2D eigenvalue weighted by Crippen LogP contribution is -2.31. The molecule has 0 bridgehead atoms. The summed E-state index contributed by atoms with van der Waals surface area (Å²) in [6.07, 6.45) is 0. The fourth-order valence-corrected chi connectivity index (χ4v) is 4.69. The molecule has 27 heavy (non-hydrogen) atoms. The first-order chi connectivity index (χ1) is 12.8. The molecule has 4 aromatic rings. The van der Waals surface area contributed by atoms with Crippen LogP contribution in [-0.4, -0.2) is 23.9 Å². The summed E-state index contributed by atoms with van der Waals surface area (Å²) in [4.78, 5) is 28.0. The third kappa shape index (κ3) is 3.11. The van der Waals surface area contributed by atoms with Crippen LogP contribution in [0.2, 0.25) is 0 Å². The molecule has 0 spiro atoms. The normalized spacial score (nSPS) is 11.7. The lowest BCUT2D eigenvalue weighted by Gasteiger charge is -2.07. The van der Waals surface area contributed by atoms with Crippen molar-refractivity contribution in [1.82, 2.24) is 14.3 Å². The van der Waals surface area contributed by atoms with Crippen molar-refractivity contribution in [2.75, 3.05) is 0 Å². The monoisotopic (exact) mass is 399 g/mol. The molecule has 0 atom stereocenters. The third-order valence-corrected chi connectivity index (χ3v) is 6.46. The van der Waals surface area contributed by atoms with Gasteiger partial charge in [-0.3, -0.25) is 9.59 Å². The minimum absolute atomic E-state index is 0.00252. The Hall–Kier alpha value is -3.04. The molecular formula is C18H13N3O4S2. The van der Waals surface area contributed by atoms with Crippen LogP contribution in [0, 0.1) is 0 Å². The number of para-hydroxylation sites is 1. The number of hydrogen-bond donors (Lipinski definition) is 1. The largest absolute Gasteiger partial charge is 0.307 e. The maximum absolute atomic E-state index is 12.6. The van der Waals surface area contributed by atoms with Crippen molar-refractivity contribution in [2.24, 2.45) is 7.05 Å². The Morgan fingerprint density at radius 2 is 1.89 bits per heavy atom. The van der Waals surface area contributed by atoms with Crippen LogP contribution in [0.25, 0.3) is 21.1 Å². The van der Waals surface area contributed by atoms with Gasteiger partial charge < -0.3 is 4.57 Å². The molecule has 7 nitrogen and oxygen atoms in total. The van der Waals surface area contributed by atoms with Crippen molar-refractivity contribution in [3.63, 3.8) is 0 Å². The molecule has 1 amide bonds. The van der Waals surface area contributed by atoms with E-state index in [4.69, 9.17) is 0 Å². The van der Waals surface area contributed by atoms with E-state index in [0.717, 1.165) is 16.7 Å². The number of benzene rings is 2. The van der Waals surface area contributed by atoms with E-state index in [9.17, 15) is 18.0 Å². The quantitative estimate of drug-likeness (QED) is 0.570. The Morgan fingerprint density at radius 3 is 2.70 bits per heavy atom. The summed E-state index contributed by atoms with van der Waals surface area (Å²) in [5.41, 5.74) is 1.23. The van der Waals surface area contributed by atoms with E-state index in [2.05, 4.69) is 4.98 Å². The van der Waals surface area contributed by atoms with Gasteiger partial charge in [-0.25, -0.2) is 18.1 Å². The number of sulfonamides is 1. The molecule has 9 heteroatoms. The number of nitrogens with one attached hydrogen (secondary N) is 1. The minimum atomic E-state index is -4.10. The number of fused-ring (bicyclic) bond motifs is 2. The summed E-state index contributed by atoms with van der Waals surface area (Å²) in [5.74, 6) is -0.818. The number of thiazole rings is 1. The van der Waals surface area contributed by atoms with Crippen molar-refractivity contribution < 1.29 is 13.2 Å². The molecule has 0 aliphatic rings. The second kappa shape index (κ2) is 6.29. The van der Waals surface area contributed by atoms with E-state index < -0.39 is 15.9 Å². The van der Waals surface area contributed by atoms with Crippen LogP contribution in [0.5, 0.6) is 0 Å². The first kappa shape index (κ1) is 17.4. The SMILES string of the molecule is Cn1c(=O)sc2cc(S(=O)(=O)NC(=O)c3ccc4ccccc4n3)ccc21. The Bertz CT molecular complexity index is 1370. The van der Waals surface area contributed by atoms with Gasteiger partial charge in [-0.05, 0) is 30.3 Å². The van der Waals surface area contributed by atoms with Crippen molar-refractivity contribution in [1.29, 1.82) is 0 Å². The summed E-state index contributed by atoms with van der Waals surface area (Å²) in [6.45, 7) is 0. The van der Waals surface area contributed by atoms with E-state index in [1.165, 1.54) is 22.8 Å². The van der Waals surface area contributed by atoms with Gasteiger partial charge in [0.2, 0.25) is 0 Å². The van der Waals surface area contributed by atoms with Gasteiger partial charge in [-0.2, -0.15) is 0 Å². The molecule has 136 valence electrons. The highest BCUT2D eigenvalue weighted by Crippen LogP contribution is 2.21. The molecule has 0 radical (unpaired) electrons. The molecule has 0 unspecified atom stereocenters. The summed E-state index contributed by atoms with van der Waals surface area (Å²) in [5, 5.41) is 0.848. The zero-order valence-corrected chi connectivity index (χ0v) is 15.7. The van der Waals surface area contributed by atoms with Gasteiger partial charge in [0.15, 0.2) is 0 Å². The molecule has 0 aliphatic carbocycles. The highest BCUT2D eigenvalue weighted by Gasteiger charge is 2.21. The molecule has 2 aromatic carbocycles. The van der Waals surface area contributed by atoms with Crippen molar-refractivity contribution in [3.8, 4) is 0 Å². The number of carbonyl (C=O) groups is 1. The lowest BCUT2D eigenvalue weighted by molar-refractivity contribution is 0.0977. The minimum Gasteiger partial charge on any atom is -0.302 e. The van der Waals surface area contributed by atoms with Gasteiger partial charge in [0, 0.05) is 12.4 Å². The third-order valence-electron chi connectivity index (χ3n) is 4.13. The Balaban J connectivity index is 1.67. The molecule has 0 saturated carbocycles. The van der Waals surface area contributed by atoms with E-state index in [1.54, 1.807) is 31.3 Å². The number of nitrogens with zero attached hydrogens (tertiary/aromatic N) is 2. The van der Waals surface area contributed by atoms with Crippen LogP contribution in [0.4, 0.5) is 0 Å². The van der Waals surface area contributed by atoms with Crippen molar-refractivity contribution >= 4 is 48.4 Å². The van der Waals surface area contributed by atoms with Crippen molar-refractivity contribution in [3.05, 3.63) is 70.0 Å². The molecule has 4 rings (SSSR count). The fraction of sp³-hybridized carbons (Fsp3) is 0.0556. The van der Waals surface area contributed by atoms with Gasteiger partial charge in [0.1, 0.15) is 5.69 Å². The number of aromatic nitrogens is 2. The molecule has 1 N–H and O–H groups in total. The predicted octanol–water partition coefficient (Wildman–Crippen LogP) is 2.27. The second-order valence-electron chi connectivity index (χ2n) is 5.88. The van der Waals surface area contributed by atoms with E-state index in [0.29, 0.717) is 15.7 Å². The molecule has 0 saturated heterocycles. The Labute approximate surface area is 158 Å². The maximum atomic E-state index is 12.6. The van der Waals surface area contributed by atoms with Crippen molar-refractivity contribution in [2.45, 2.75) is 4.90 Å². The van der Waals surface area contributed by atoms with Crippen LogP contribution in [-0.2, 0) is 17.1 Å². The van der Waals surface area contributed by atoms with E-state index in [1.807, 2.05) is 16.9 Å². The zero-order valence-electron chi connectivity index (χ0n) is 14.0. The first-order valence-electron chi connectivity index (χ1n) is 7.88. The molecule has 2 aromatic heterocycles. The number of hydrogen-bond acceptors (Lipinski definition) is 6. The van der Waals surface area contributed by atoms with E-state index in [-0.39, 0.29) is 15.5 Å². The Morgan fingerprint density at radius 1 is 1.11 bits per heavy atom. The van der Waals surface area contributed by atoms with Gasteiger partial charge in [0.05, 0.1) is 20.6 Å². The molecule has 0 aliphatic heterocycles. The van der Waals surface area contributed by atoms with Crippen LogP contribution in [0.15, 0.2) is 64.3 Å². The van der Waals surface area contributed by atoms with E-state index >= 15 is 0 Å². The number of amides is 1. The summed E-state index contributed by atoms with van der Waals surface area (Å²) >= 11 is 0.944. The summed E-state index contributed by atoms with van der Waals surface area (Å²) in [7, 11) is -2.49. The summed E-state index contributed by atoms with van der Waals surface area (Å²) in [6, 6.07) is 14.7. The second-order valence-corrected chi connectivity index (χ2v) is 8.56. The van der Waals surface area contributed by atoms with Gasteiger partial charge >= 0.3 is 4.87 Å². The van der Waals surface area contributed by atoms with Crippen LogP contribution in [0.3, 0.4) is 0 Å². The summed E-state index contributed by atoms with van der Waals surface area (Å²) < 4.78 is 29.1. The zero-order chi connectivity index (χ0) is 19.2. The average Bonchev–Trinajstić information content (AvgIpc) is 2.94. The average molecular weight is 399 g/mol. The number of rotatable bonds is 3. The molecule has 0 fully saturated rings. The first-order valence-corrected chi connectivity index (χ1v) is 10.2. The number of pyridine rings is 1. The highest BCUT2D eigenvalue weighted by atomic mass is 32.2. The topological polar surface area (TPSA) is 98.1 Å². The Kier molecular flexibility index (Phi) is 4.05.